The molecular weight excluding hydrogens is 251 g/mol. The van der Waals surface area contributed by atoms with Gasteiger partial charge in [-0.15, -0.1) is 0 Å². The van der Waals surface area contributed by atoms with Gasteiger partial charge in [0, 0.05) is 0 Å². The van der Waals surface area contributed by atoms with E-state index in [1.807, 2.05) is 0 Å². The van der Waals surface area contributed by atoms with E-state index in [9.17, 15) is 9.18 Å². The lowest BCUT2D eigenvalue weighted by atomic mass is 10.2. The van der Waals surface area contributed by atoms with Crippen LogP contribution in [0.5, 0.6) is 11.6 Å². The molecule has 0 N–H and O–H groups in total. The molecule has 0 aliphatic carbocycles. The van der Waals surface area contributed by atoms with Crippen LogP contribution in [0.3, 0.4) is 0 Å². The molecule has 0 radical (unpaired) electrons. The zero-order chi connectivity index (χ0) is 13.8. The molecule has 2 rings (SSSR count). The van der Waals surface area contributed by atoms with E-state index in [0.717, 1.165) is 0 Å². The molecule has 19 heavy (non-hydrogen) atoms. The van der Waals surface area contributed by atoms with Gasteiger partial charge in [0.25, 0.3) is 0 Å². The number of rotatable bonds is 3. The molecule has 0 saturated heterocycles. The second kappa shape index (κ2) is 5.43. The third kappa shape index (κ3) is 3.04. The van der Waals surface area contributed by atoms with Gasteiger partial charge in [-0.05, 0) is 30.7 Å². The number of aromatic nitrogens is 2. The van der Waals surface area contributed by atoms with Crippen molar-refractivity contribution in [2.45, 2.75) is 6.92 Å². The number of carbonyl (C=O) groups is 1. The highest BCUT2D eigenvalue weighted by Crippen LogP contribution is 2.21. The van der Waals surface area contributed by atoms with Crippen LogP contribution in [0.2, 0.25) is 0 Å². The van der Waals surface area contributed by atoms with E-state index < -0.39 is 5.97 Å². The van der Waals surface area contributed by atoms with Crippen LogP contribution in [-0.4, -0.2) is 23.0 Å². The molecule has 0 amide bonds. The van der Waals surface area contributed by atoms with Crippen molar-refractivity contribution in [3.05, 3.63) is 47.7 Å². The van der Waals surface area contributed by atoms with E-state index in [4.69, 9.17) is 4.74 Å². The maximum atomic E-state index is 13.1. The fourth-order valence-corrected chi connectivity index (χ4v) is 1.40. The van der Waals surface area contributed by atoms with Crippen LogP contribution in [0, 0.1) is 12.7 Å². The lowest BCUT2D eigenvalue weighted by Crippen LogP contribution is -2.05. The summed E-state index contributed by atoms with van der Waals surface area (Å²) in [6, 6.07) is 4.29. The Bertz CT molecular complexity index is 617. The van der Waals surface area contributed by atoms with Gasteiger partial charge in [0.15, 0.2) is 5.69 Å². The van der Waals surface area contributed by atoms with Gasteiger partial charge in [-0.3, -0.25) is 4.98 Å². The molecule has 1 aromatic carbocycles. The Labute approximate surface area is 109 Å². The molecule has 0 fully saturated rings. The first-order valence-electron chi connectivity index (χ1n) is 5.44. The van der Waals surface area contributed by atoms with Crippen LogP contribution < -0.4 is 4.74 Å². The molecule has 0 bridgehead atoms. The standard InChI is InChI=1S/C13H11FN2O3/c1-8-5-9(3-4-10(8)14)19-12-7-15-6-11(16-12)13(17)18-2/h3-7H,1-2H3. The van der Waals surface area contributed by atoms with Gasteiger partial charge in [-0.1, -0.05) is 0 Å². The molecule has 0 saturated carbocycles. The SMILES string of the molecule is COC(=O)c1cncc(Oc2ccc(F)c(C)c2)n1. The number of ether oxygens (including phenoxy) is 2. The molecule has 5 nitrogen and oxygen atoms in total. The average molecular weight is 262 g/mol. The largest absolute Gasteiger partial charge is 0.464 e. The quantitative estimate of drug-likeness (QED) is 0.795. The fraction of sp³-hybridized carbons (Fsp3) is 0.154. The second-order valence-electron chi connectivity index (χ2n) is 3.75. The van der Waals surface area contributed by atoms with Gasteiger partial charge in [0.2, 0.25) is 5.88 Å². The van der Waals surface area contributed by atoms with Crippen LogP contribution in [0.15, 0.2) is 30.6 Å². The lowest BCUT2D eigenvalue weighted by molar-refractivity contribution is 0.0592. The number of hydrogen-bond donors (Lipinski definition) is 0. The van der Waals surface area contributed by atoms with Crippen LogP contribution in [0.25, 0.3) is 0 Å². The molecule has 0 unspecified atom stereocenters. The van der Waals surface area contributed by atoms with Crippen molar-refractivity contribution in [2.75, 3.05) is 7.11 Å². The van der Waals surface area contributed by atoms with Crippen molar-refractivity contribution in [1.29, 1.82) is 0 Å². The Morgan fingerprint density at radius 3 is 2.79 bits per heavy atom. The summed E-state index contributed by atoms with van der Waals surface area (Å²) < 4.78 is 23.0. The van der Waals surface area contributed by atoms with E-state index in [-0.39, 0.29) is 17.4 Å². The minimum atomic E-state index is -0.603. The average Bonchev–Trinajstić information content (AvgIpc) is 2.42. The fourth-order valence-electron chi connectivity index (χ4n) is 1.40. The molecule has 0 atom stereocenters. The Morgan fingerprint density at radius 1 is 1.32 bits per heavy atom. The number of benzene rings is 1. The van der Waals surface area contributed by atoms with Crippen molar-refractivity contribution >= 4 is 5.97 Å². The van der Waals surface area contributed by atoms with Crippen LogP contribution in [0.1, 0.15) is 16.1 Å². The first-order valence-corrected chi connectivity index (χ1v) is 5.44. The van der Waals surface area contributed by atoms with Gasteiger partial charge in [0.1, 0.15) is 11.6 Å². The summed E-state index contributed by atoms with van der Waals surface area (Å²) in [5.41, 5.74) is 0.494. The van der Waals surface area contributed by atoms with Crippen molar-refractivity contribution in [1.82, 2.24) is 9.97 Å². The lowest BCUT2D eigenvalue weighted by Gasteiger charge is -2.06. The zero-order valence-electron chi connectivity index (χ0n) is 10.4. The first-order chi connectivity index (χ1) is 9.10. The van der Waals surface area contributed by atoms with Gasteiger partial charge in [-0.25, -0.2) is 14.2 Å². The zero-order valence-corrected chi connectivity index (χ0v) is 10.4. The number of hydrogen-bond acceptors (Lipinski definition) is 5. The van der Waals surface area contributed by atoms with Gasteiger partial charge in [0.05, 0.1) is 19.5 Å². The number of halogens is 1. The number of methoxy groups -OCH3 is 1. The normalized spacial score (nSPS) is 10.1. The molecule has 1 heterocycles. The summed E-state index contributed by atoms with van der Waals surface area (Å²) in [6.45, 7) is 1.62. The van der Waals surface area contributed by atoms with Gasteiger partial charge in [-0.2, -0.15) is 0 Å². The highest BCUT2D eigenvalue weighted by Gasteiger charge is 2.10. The molecule has 0 spiro atoms. The molecule has 2 aromatic rings. The second-order valence-corrected chi connectivity index (χ2v) is 3.75. The van der Waals surface area contributed by atoms with Crippen molar-refractivity contribution in [3.8, 4) is 11.6 Å². The summed E-state index contributed by atoms with van der Waals surface area (Å²) in [4.78, 5) is 19.1. The number of esters is 1. The minimum absolute atomic E-state index is 0.0406. The predicted molar refractivity (Wildman–Crippen MR) is 64.6 cm³/mol. The molecule has 6 heteroatoms. The van der Waals surface area contributed by atoms with E-state index in [2.05, 4.69) is 14.7 Å². The monoisotopic (exact) mass is 262 g/mol. The molecule has 0 aliphatic heterocycles. The van der Waals surface area contributed by atoms with Crippen molar-refractivity contribution < 1.29 is 18.7 Å². The summed E-state index contributed by atoms with van der Waals surface area (Å²) in [7, 11) is 1.25. The first kappa shape index (κ1) is 12.9. The summed E-state index contributed by atoms with van der Waals surface area (Å²) in [5, 5.41) is 0. The van der Waals surface area contributed by atoms with Crippen LogP contribution in [-0.2, 0) is 4.74 Å². The molecule has 0 aliphatic rings. The predicted octanol–water partition coefficient (Wildman–Crippen LogP) is 2.50. The third-order valence-corrected chi connectivity index (χ3v) is 2.36. The van der Waals surface area contributed by atoms with E-state index in [0.29, 0.717) is 11.3 Å². The van der Waals surface area contributed by atoms with Gasteiger partial charge >= 0.3 is 5.97 Å². The highest BCUT2D eigenvalue weighted by atomic mass is 19.1. The van der Waals surface area contributed by atoms with E-state index >= 15 is 0 Å². The van der Waals surface area contributed by atoms with E-state index in [1.165, 1.54) is 37.7 Å². The number of nitrogens with zero attached hydrogens (tertiary/aromatic N) is 2. The molecular formula is C13H11FN2O3. The summed E-state index contributed by atoms with van der Waals surface area (Å²) in [5.74, 6) is -0.376. The highest BCUT2D eigenvalue weighted by molar-refractivity contribution is 5.86. The smallest absolute Gasteiger partial charge is 0.358 e. The van der Waals surface area contributed by atoms with Crippen LogP contribution in [0.4, 0.5) is 4.39 Å². The van der Waals surface area contributed by atoms with Crippen molar-refractivity contribution in [3.63, 3.8) is 0 Å². The van der Waals surface area contributed by atoms with Crippen LogP contribution >= 0.6 is 0 Å². The van der Waals surface area contributed by atoms with E-state index in [1.54, 1.807) is 6.92 Å². The summed E-state index contributed by atoms with van der Waals surface area (Å²) in [6.07, 6.45) is 2.62. The third-order valence-electron chi connectivity index (χ3n) is 2.36. The molecule has 98 valence electrons. The van der Waals surface area contributed by atoms with Gasteiger partial charge < -0.3 is 9.47 Å². The Balaban J connectivity index is 2.23. The topological polar surface area (TPSA) is 61.3 Å². The Kier molecular flexibility index (Phi) is 3.70. The van der Waals surface area contributed by atoms with Crippen molar-refractivity contribution in [2.24, 2.45) is 0 Å². The Hall–Kier alpha value is -2.50. The maximum Gasteiger partial charge on any atom is 0.358 e. The summed E-state index contributed by atoms with van der Waals surface area (Å²) >= 11 is 0. The maximum absolute atomic E-state index is 13.1. The molecule has 1 aromatic heterocycles. The number of carbonyl (C=O) groups excluding carboxylic acids is 1. The minimum Gasteiger partial charge on any atom is -0.464 e. The number of aryl methyl sites for hydroxylation is 1. The Morgan fingerprint density at radius 2 is 2.11 bits per heavy atom.